The van der Waals surface area contributed by atoms with Gasteiger partial charge in [-0.1, -0.05) is 22.0 Å². The Hall–Kier alpha value is -2.43. The minimum atomic E-state index is -0.996. The van der Waals surface area contributed by atoms with Crippen molar-refractivity contribution in [1.29, 1.82) is 0 Å². The molecule has 0 unspecified atom stereocenters. The molecule has 2 heterocycles. The lowest BCUT2D eigenvalue weighted by Crippen LogP contribution is -2.51. The van der Waals surface area contributed by atoms with Crippen LogP contribution in [0.2, 0.25) is 0 Å². The molecule has 1 aliphatic rings. The van der Waals surface area contributed by atoms with Gasteiger partial charge in [-0.3, -0.25) is 24.2 Å². The SMILES string of the molecule is CN(C)C(=O)CN1CCN([C@H](C(=O)O)c2cn(CC(=O)O)c3cc(Br)ccc23)CC1. The minimum Gasteiger partial charge on any atom is -0.480 e. The van der Waals surface area contributed by atoms with Crippen LogP contribution in [0.4, 0.5) is 0 Å². The zero-order chi connectivity index (χ0) is 22.0. The molecule has 0 saturated carbocycles. The van der Waals surface area contributed by atoms with E-state index in [9.17, 15) is 24.6 Å². The van der Waals surface area contributed by atoms with Gasteiger partial charge in [-0.25, -0.2) is 0 Å². The predicted octanol–water partition coefficient (Wildman–Crippen LogP) is 1.32. The highest BCUT2D eigenvalue weighted by Gasteiger charge is 2.33. The van der Waals surface area contributed by atoms with Gasteiger partial charge in [0.05, 0.1) is 12.1 Å². The Kier molecular flexibility index (Phi) is 6.79. The Bertz CT molecular complexity index is 966. The van der Waals surface area contributed by atoms with Crippen LogP contribution in [0.15, 0.2) is 28.9 Å². The van der Waals surface area contributed by atoms with Crippen molar-refractivity contribution < 1.29 is 24.6 Å². The molecule has 10 heteroatoms. The van der Waals surface area contributed by atoms with Gasteiger partial charge >= 0.3 is 11.9 Å². The lowest BCUT2D eigenvalue weighted by Gasteiger charge is -2.37. The Morgan fingerprint density at radius 2 is 1.77 bits per heavy atom. The number of aliphatic carboxylic acids is 2. The van der Waals surface area contributed by atoms with Crippen molar-refractivity contribution >= 4 is 44.7 Å². The fourth-order valence-electron chi connectivity index (χ4n) is 3.79. The smallest absolute Gasteiger partial charge is 0.325 e. The third kappa shape index (κ3) is 4.82. The van der Waals surface area contributed by atoms with Crippen LogP contribution < -0.4 is 0 Å². The van der Waals surface area contributed by atoms with Gasteiger partial charge in [0.1, 0.15) is 12.6 Å². The second-order valence-corrected chi connectivity index (χ2v) is 8.52. The van der Waals surface area contributed by atoms with Gasteiger partial charge in [0.15, 0.2) is 0 Å². The molecule has 1 aromatic heterocycles. The number of amides is 1. The first-order chi connectivity index (χ1) is 14.2. The van der Waals surface area contributed by atoms with E-state index in [1.807, 2.05) is 21.9 Å². The number of carbonyl (C=O) groups excluding carboxylic acids is 1. The van der Waals surface area contributed by atoms with Crippen molar-refractivity contribution in [3.05, 3.63) is 34.4 Å². The first-order valence-electron chi connectivity index (χ1n) is 9.57. The maximum atomic E-state index is 12.2. The highest BCUT2D eigenvalue weighted by molar-refractivity contribution is 9.10. The number of hydrogen-bond acceptors (Lipinski definition) is 5. The maximum Gasteiger partial charge on any atom is 0.325 e. The van der Waals surface area contributed by atoms with Crippen LogP contribution in [0.1, 0.15) is 11.6 Å². The molecule has 30 heavy (non-hydrogen) atoms. The molecular weight excluding hydrogens is 456 g/mol. The molecule has 0 bridgehead atoms. The zero-order valence-electron chi connectivity index (χ0n) is 16.9. The summed E-state index contributed by atoms with van der Waals surface area (Å²) in [6, 6.07) is 4.54. The van der Waals surface area contributed by atoms with E-state index >= 15 is 0 Å². The van der Waals surface area contributed by atoms with Crippen LogP contribution in [-0.4, -0.2) is 94.1 Å². The van der Waals surface area contributed by atoms with Crippen molar-refractivity contribution in [2.24, 2.45) is 0 Å². The summed E-state index contributed by atoms with van der Waals surface area (Å²) >= 11 is 3.40. The molecule has 3 rings (SSSR count). The zero-order valence-corrected chi connectivity index (χ0v) is 18.5. The van der Waals surface area contributed by atoms with Gasteiger partial charge in [-0.05, 0) is 12.1 Å². The van der Waals surface area contributed by atoms with Crippen LogP contribution in [0.25, 0.3) is 10.9 Å². The highest BCUT2D eigenvalue weighted by atomic mass is 79.9. The van der Waals surface area contributed by atoms with E-state index < -0.39 is 18.0 Å². The van der Waals surface area contributed by atoms with Crippen molar-refractivity contribution in [3.8, 4) is 0 Å². The van der Waals surface area contributed by atoms with Gasteiger partial charge < -0.3 is 19.7 Å². The summed E-state index contributed by atoms with van der Waals surface area (Å²) in [4.78, 5) is 40.9. The second kappa shape index (κ2) is 9.15. The standard InChI is InChI=1S/C20H25BrN4O5/c1-22(2)17(26)11-23-5-7-24(8-6-23)19(20(29)30)15-10-25(12-18(27)28)16-9-13(21)3-4-14(15)16/h3-4,9-10,19H,5-8,11-12H2,1-2H3,(H,27,28)(H,29,30)/t19-/m0/s1. The van der Waals surface area contributed by atoms with Crippen molar-refractivity contribution in [2.75, 3.05) is 46.8 Å². The van der Waals surface area contributed by atoms with E-state index in [1.54, 1.807) is 35.8 Å². The molecule has 0 aliphatic carbocycles. The first kappa shape index (κ1) is 22.3. The molecule has 162 valence electrons. The number of aromatic nitrogens is 1. The van der Waals surface area contributed by atoms with Crippen LogP contribution in [0, 0.1) is 0 Å². The molecule has 1 saturated heterocycles. The van der Waals surface area contributed by atoms with E-state index in [1.165, 1.54) is 0 Å². The lowest BCUT2D eigenvalue weighted by atomic mass is 10.0. The van der Waals surface area contributed by atoms with Crippen LogP contribution in [-0.2, 0) is 20.9 Å². The summed E-state index contributed by atoms with van der Waals surface area (Å²) in [5, 5.41) is 20.0. The van der Waals surface area contributed by atoms with Gasteiger partial charge in [-0.15, -0.1) is 0 Å². The van der Waals surface area contributed by atoms with Gasteiger partial charge in [0, 0.05) is 61.9 Å². The number of rotatable bonds is 7. The summed E-state index contributed by atoms with van der Waals surface area (Å²) in [6.07, 6.45) is 1.63. The Morgan fingerprint density at radius 1 is 1.10 bits per heavy atom. The number of hydrogen-bond donors (Lipinski definition) is 2. The number of carbonyl (C=O) groups is 3. The molecule has 0 radical (unpaired) electrons. The summed E-state index contributed by atoms with van der Waals surface area (Å²) < 4.78 is 2.36. The Labute approximate surface area is 182 Å². The van der Waals surface area contributed by atoms with Gasteiger partial charge in [0.2, 0.25) is 5.91 Å². The molecule has 0 spiro atoms. The largest absolute Gasteiger partial charge is 0.480 e. The average molecular weight is 481 g/mol. The number of carboxylic acid groups (broad SMARTS) is 2. The monoisotopic (exact) mass is 480 g/mol. The van der Waals surface area contributed by atoms with Gasteiger partial charge in [-0.2, -0.15) is 0 Å². The van der Waals surface area contributed by atoms with E-state index in [2.05, 4.69) is 15.9 Å². The first-order valence-corrected chi connectivity index (χ1v) is 10.4. The molecule has 1 atom stereocenters. The number of likely N-dealkylation sites (N-methyl/N-ethyl adjacent to an activating group) is 1. The number of nitrogens with zero attached hydrogens (tertiary/aromatic N) is 4. The quantitative estimate of drug-likeness (QED) is 0.615. The molecule has 1 aromatic carbocycles. The van der Waals surface area contributed by atoms with Gasteiger partial charge in [0.25, 0.3) is 0 Å². The highest BCUT2D eigenvalue weighted by Crippen LogP contribution is 2.33. The summed E-state index contributed by atoms with van der Waals surface area (Å²) in [5.41, 5.74) is 1.24. The fourth-order valence-corrected chi connectivity index (χ4v) is 4.14. The second-order valence-electron chi connectivity index (χ2n) is 7.61. The average Bonchev–Trinajstić information content (AvgIpc) is 2.99. The van der Waals surface area contributed by atoms with E-state index in [-0.39, 0.29) is 12.5 Å². The minimum absolute atomic E-state index is 0.0144. The molecular formula is C20H25BrN4O5. The number of carboxylic acids is 2. The third-order valence-corrected chi connectivity index (χ3v) is 5.83. The van der Waals surface area contributed by atoms with Crippen LogP contribution >= 0.6 is 15.9 Å². The van der Waals surface area contributed by atoms with Crippen LogP contribution in [0.5, 0.6) is 0 Å². The summed E-state index contributed by atoms with van der Waals surface area (Å²) in [6.45, 7) is 2.23. The number of piperazine rings is 1. The fraction of sp³-hybridized carbons (Fsp3) is 0.450. The maximum absolute atomic E-state index is 12.2. The predicted molar refractivity (Wildman–Crippen MR) is 114 cm³/mol. The van der Waals surface area contributed by atoms with Crippen molar-refractivity contribution in [3.63, 3.8) is 0 Å². The third-order valence-electron chi connectivity index (χ3n) is 5.34. The molecule has 1 amide bonds. The molecule has 2 N–H and O–H groups in total. The van der Waals surface area contributed by atoms with E-state index in [0.717, 1.165) is 9.86 Å². The Morgan fingerprint density at radius 3 is 2.33 bits per heavy atom. The van der Waals surface area contributed by atoms with Crippen molar-refractivity contribution in [2.45, 2.75) is 12.6 Å². The normalized spacial score (nSPS) is 16.5. The summed E-state index contributed by atoms with van der Waals surface area (Å²) in [5.74, 6) is -1.96. The van der Waals surface area contributed by atoms with Crippen molar-refractivity contribution in [1.82, 2.24) is 19.3 Å². The topological polar surface area (TPSA) is 106 Å². The number of halogens is 1. The van der Waals surface area contributed by atoms with E-state index in [4.69, 9.17) is 0 Å². The molecule has 2 aromatic rings. The number of fused-ring (bicyclic) bond motifs is 1. The number of benzene rings is 1. The Balaban J connectivity index is 1.87. The lowest BCUT2D eigenvalue weighted by molar-refractivity contribution is -0.145. The molecule has 1 fully saturated rings. The van der Waals surface area contributed by atoms with E-state index in [0.29, 0.717) is 43.8 Å². The summed E-state index contributed by atoms with van der Waals surface area (Å²) in [7, 11) is 3.43. The molecule has 9 nitrogen and oxygen atoms in total. The van der Waals surface area contributed by atoms with Crippen LogP contribution in [0.3, 0.4) is 0 Å². The molecule has 1 aliphatic heterocycles.